The van der Waals surface area contributed by atoms with E-state index in [0.29, 0.717) is 11.8 Å². The Morgan fingerprint density at radius 3 is 2.16 bits per heavy atom. The topological polar surface area (TPSA) is 117 Å². The van der Waals surface area contributed by atoms with Crippen LogP contribution in [0.1, 0.15) is 35.4 Å². The highest BCUT2D eigenvalue weighted by Gasteiger charge is 2.60. The van der Waals surface area contributed by atoms with Gasteiger partial charge in [-0.1, -0.05) is 17.7 Å². The van der Waals surface area contributed by atoms with Gasteiger partial charge < -0.3 is 9.47 Å². The van der Waals surface area contributed by atoms with Gasteiger partial charge in [-0.05, 0) is 37.5 Å². The number of aromatic nitrogens is 2. The minimum Gasteiger partial charge on any atom is -0.433 e. The number of anilines is 1. The number of benzene rings is 1. The molecular weight excluding hydrogens is 680 g/mol. The van der Waals surface area contributed by atoms with E-state index in [2.05, 4.69) is 14.5 Å². The Labute approximate surface area is 247 Å². The van der Waals surface area contributed by atoms with Crippen molar-refractivity contribution in [1.82, 2.24) is 8.96 Å². The lowest BCUT2D eigenvalue weighted by molar-refractivity contribution is -0.330. The van der Waals surface area contributed by atoms with E-state index in [1.54, 1.807) is 6.92 Å². The van der Waals surface area contributed by atoms with Gasteiger partial charge in [-0.15, -0.1) is 0 Å². The molecule has 2 heterocycles. The number of sulfonamides is 1. The number of pyridine rings is 1. The lowest BCUT2D eigenvalue weighted by Gasteiger charge is -2.38. The maximum absolute atomic E-state index is 14.7. The Morgan fingerprint density at radius 1 is 1.00 bits per heavy atom. The van der Waals surface area contributed by atoms with Crippen molar-refractivity contribution in [2.75, 3.05) is 4.72 Å². The van der Waals surface area contributed by atoms with Crippen molar-refractivity contribution < 1.29 is 70.2 Å². The molecule has 0 spiro atoms. The van der Waals surface area contributed by atoms with E-state index in [1.807, 2.05) is 0 Å². The second-order valence-corrected chi connectivity index (χ2v) is 13.0. The fourth-order valence-electron chi connectivity index (χ4n) is 4.61. The number of alkyl halides is 9. The first-order chi connectivity index (χ1) is 20.7. The molecule has 9 nitrogen and oxygen atoms in total. The molecule has 4 rings (SSSR count). The third-order valence-corrected chi connectivity index (χ3v) is 9.80. The van der Waals surface area contributed by atoms with Crippen LogP contribution in [-0.2, 0) is 37.6 Å². The van der Waals surface area contributed by atoms with Gasteiger partial charge in [0.1, 0.15) is 4.90 Å². The van der Waals surface area contributed by atoms with E-state index in [4.69, 9.17) is 0 Å². The van der Waals surface area contributed by atoms with E-state index in [-0.39, 0.29) is 10.0 Å². The van der Waals surface area contributed by atoms with Crippen LogP contribution in [0, 0.1) is 12.7 Å². The van der Waals surface area contributed by atoms with Crippen molar-refractivity contribution in [1.29, 1.82) is 0 Å². The van der Waals surface area contributed by atoms with Crippen LogP contribution in [0.25, 0.3) is 0 Å². The highest BCUT2D eigenvalue weighted by Crippen LogP contribution is 2.47. The summed E-state index contributed by atoms with van der Waals surface area (Å²) >= 11 is 0. The summed E-state index contributed by atoms with van der Waals surface area (Å²) < 4.78 is 199. The summed E-state index contributed by atoms with van der Waals surface area (Å²) in [5.74, 6) is -4.73. The molecule has 1 aliphatic rings. The molecule has 45 heavy (non-hydrogen) atoms. The molecule has 0 amide bonds. The number of halogens is 10. The number of nitrogens with zero attached hydrogens (tertiary/aromatic N) is 2. The van der Waals surface area contributed by atoms with Crippen LogP contribution >= 0.6 is 0 Å². The lowest BCUT2D eigenvalue weighted by atomic mass is 9.83. The molecule has 0 fully saturated rings. The zero-order valence-electron chi connectivity index (χ0n) is 22.3. The van der Waals surface area contributed by atoms with Gasteiger partial charge in [0.2, 0.25) is 0 Å². The molecule has 1 atom stereocenters. The highest BCUT2D eigenvalue weighted by atomic mass is 32.2. The molecule has 2 aromatic heterocycles. The largest absolute Gasteiger partial charge is 0.433 e. The fraction of sp³-hybridized carbons (Fsp3) is 0.375. The highest BCUT2D eigenvalue weighted by molar-refractivity contribution is 7.93. The second kappa shape index (κ2) is 12.0. The average Bonchev–Trinajstić information content (AvgIpc) is 3.29. The molecule has 0 bridgehead atoms. The zero-order chi connectivity index (χ0) is 33.7. The molecule has 248 valence electrons. The standard InChI is InChI=1S/C24H19F10N3O6S2/c1-11-2-4-12(5-3-11)45(40,41)37-10-17(13-6-7-23(9-15(13)37,24(32,33)34)43-22(30)31)44(38,39)36-20-14(25)8-16(42-21(28)29)18(35-20)19(26)27/h2-5,8,10,19,21-22H,6-7,9H2,1H3,(H,35,36)/t23-/m1/s1. The van der Waals surface area contributed by atoms with Gasteiger partial charge in [0.25, 0.3) is 26.5 Å². The Kier molecular flexibility index (Phi) is 9.12. The third kappa shape index (κ3) is 6.69. The molecule has 1 N–H and O–H groups in total. The van der Waals surface area contributed by atoms with Gasteiger partial charge in [-0.2, -0.15) is 30.7 Å². The Morgan fingerprint density at radius 2 is 1.62 bits per heavy atom. The molecule has 0 aliphatic heterocycles. The van der Waals surface area contributed by atoms with Crippen LogP contribution in [0.5, 0.6) is 5.75 Å². The number of rotatable bonds is 10. The quantitative estimate of drug-likeness (QED) is 0.261. The lowest BCUT2D eigenvalue weighted by Crippen LogP contribution is -2.53. The number of aryl methyl sites for hydroxylation is 1. The Hall–Kier alpha value is -3.59. The van der Waals surface area contributed by atoms with Crippen molar-refractivity contribution >= 4 is 25.9 Å². The molecule has 0 unspecified atom stereocenters. The summed E-state index contributed by atoms with van der Waals surface area (Å²) in [7, 11) is -10.3. The first kappa shape index (κ1) is 34.3. The maximum Gasteiger partial charge on any atom is 0.418 e. The van der Waals surface area contributed by atoms with Gasteiger partial charge >= 0.3 is 19.4 Å². The summed E-state index contributed by atoms with van der Waals surface area (Å²) in [5.41, 5.74) is -6.29. The Balaban J connectivity index is 1.91. The van der Waals surface area contributed by atoms with Gasteiger partial charge in [0.05, 0.1) is 4.90 Å². The number of hydrogen-bond donors (Lipinski definition) is 1. The predicted molar refractivity (Wildman–Crippen MR) is 133 cm³/mol. The third-order valence-electron chi connectivity index (χ3n) is 6.70. The van der Waals surface area contributed by atoms with Crippen LogP contribution in [0.4, 0.5) is 49.7 Å². The smallest absolute Gasteiger partial charge is 0.418 e. The summed E-state index contributed by atoms with van der Waals surface area (Å²) in [6, 6.07) is 4.65. The summed E-state index contributed by atoms with van der Waals surface area (Å²) in [5, 5.41) is 0. The van der Waals surface area contributed by atoms with Crippen molar-refractivity contribution in [2.45, 2.75) is 67.4 Å². The van der Waals surface area contributed by atoms with Gasteiger partial charge in [-0.25, -0.2) is 39.0 Å². The second-order valence-electron chi connectivity index (χ2n) is 9.57. The van der Waals surface area contributed by atoms with Crippen molar-refractivity contribution in [2.24, 2.45) is 0 Å². The zero-order valence-corrected chi connectivity index (χ0v) is 23.9. The van der Waals surface area contributed by atoms with Gasteiger partial charge in [0, 0.05) is 24.4 Å². The van der Waals surface area contributed by atoms with E-state index < -0.39 is 115 Å². The van der Waals surface area contributed by atoms with Crippen LogP contribution in [0.3, 0.4) is 0 Å². The van der Waals surface area contributed by atoms with Crippen molar-refractivity contribution in [3.8, 4) is 5.75 Å². The predicted octanol–water partition coefficient (Wildman–Crippen LogP) is 5.94. The molecule has 0 radical (unpaired) electrons. The van der Waals surface area contributed by atoms with Crippen LogP contribution < -0.4 is 9.46 Å². The van der Waals surface area contributed by atoms with E-state index in [0.717, 1.165) is 12.1 Å². The van der Waals surface area contributed by atoms with Crippen LogP contribution in [0.2, 0.25) is 0 Å². The number of fused-ring (bicyclic) bond motifs is 1. The first-order valence-corrected chi connectivity index (χ1v) is 15.1. The van der Waals surface area contributed by atoms with Crippen molar-refractivity contribution in [3.63, 3.8) is 0 Å². The van der Waals surface area contributed by atoms with Gasteiger partial charge in [-0.3, -0.25) is 4.72 Å². The van der Waals surface area contributed by atoms with E-state index in [9.17, 15) is 60.7 Å². The minimum absolute atomic E-state index is 0.0274. The molecule has 0 saturated heterocycles. The first-order valence-electron chi connectivity index (χ1n) is 12.2. The Bertz CT molecular complexity index is 1800. The SMILES string of the molecule is Cc1ccc(S(=O)(=O)n2cc(S(=O)(=O)Nc3nc(C(F)F)c(OC(F)F)cc3F)c3c2C[C@@](OC(F)F)(C(F)(F)F)CC3)cc1. The molecule has 0 saturated carbocycles. The van der Waals surface area contributed by atoms with Crippen LogP contribution in [-0.4, -0.2) is 50.8 Å². The number of nitrogens with one attached hydrogen (secondary N) is 1. The normalized spacial score (nSPS) is 17.6. The van der Waals surface area contributed by atoms with Crippen molar-refractivity contribution in [3.05, 3.63) is 64.9 Å². The number of ether oxygens (including phenoxy) is 2. The summed E-state index contributed by atoms with van der Waals surface area (Å²) in [6.45, 7) is -6.11. The average molecular weight is 700 g/mol. The monoisotopic (exact) mass is 699 g/mol. The maximum atomic E-state index is 14.7. The van der Waals surface area contributed by atoms with Crippen LogP contribution in [0.15, 0.2) is 46.3 Å². The molecular formula is C24H19F10N3O6S2. The van der Waals surface area contributed by atoms with E-state index in [1.165, 1.54) is 16.9 Å². The molecule has 3 aromatic rings. The van der Waals surface area contributed by atoms with E-state index >= 15 is 0 Å². The molecule has 1 aliphatic carbocycles. The molecule has 1 aromatic carbocycles. The summed E-state index contributed by atoms with van der Waals surface area (Å²) in [4.78, 5) is 1.34. The molecule has 21 heteroatoms. The minimum atomic E-state index is -5.51. The summed E-state index contributed by atoms with van der Waals surface area (Å²) in [6.07, 6.45) is -12.8. The fourth-order valence-corrected chi connectivity index (χ4v) is 7.39. The number of hydrogen-bond acceptors (Lipinski definition) is 7. The van der Waals surface area contributed by atoms with Gasteiger partial charge in [0.15, 0.2) is 28.7 Å².